The van der Waals surface area contributed by atoms with Crippen molar-refractivity contribution in [1.82, 2.24) is 25.3 Å². The monoisotopic (exact) mass is 349 g/mol. The number of ether oxygens (including phenoxy) is 1. The molecular weight excluding hydrogens is 330 g/mol. The van der Waals surface area contributed by atoms with Gasteiger partial charge in [0.15, 0.2) is 5.82 Å². The van der Waals surface area contributed by atoms with E-state index in [2.05, 4.69) is 25.3 Å². The minimum Gasteiger partial charge on any atom is -0.480 e. The Balaban J connectivity index is 1.80. The largest absolute Gasteiger partial charge is 0.480 e. The van der Waals surface area contributed by atoms with E-state index in [-0.39, 0.29) is 11.9 Å². The summed E-state index contributed by atoms with van der Waals surface area (Å²) in [7, 11) is 1.48. The van der Waals surface area contributed by atoms with Crippen molar-refractivity contribution >= 4 is 5.91 Å². The lowest BCUT2D eigenvalue weighted by Crippen LogP contribution is -2.28. The fourth-order valence-corrected chi connectivity index (χ4v) is 2.62. The Bertz CT molecular complexity index is 915. The topological polar surface area (TPSA) is 89.9 Å². The molecule has 0 fully saturated rings. The maximum absolute atomic E-state index is 12.5. The highest BCUT2D eigenvalue weighted by atomic mass is 16.5. The van der Waals surface area contributed by atoms with Crippen LogP contribution in [0, 0.1) is 6.92 Å². The lowest BCUT2D eigenvalue weighted by atomic mass is 10.1. The quantitative estimate of drug-likeness (QED) is 0.762. The number of carbonyl (C=O) groups excluding carboxylic acids is 1. The number of nitrogens with zero attached hydrogens (tertiary/aromatic N) is 4. The minimum atomic E-state index is -0.265. The summed E-state index contributed by atoms with van der Waals surface area (Å²) in [5.41, 5.74) is 2.93. The fourth-order valence-electron chi connectivity index (χ4n) is 2.62. The van der Waals surface area contributed by atoms with E-state index in [4.69, 9.17) is 4.74 Å². The molecule has 0 aromatic carbocycles. The summed E-state index contributed by atoms with van der Waals surface area (Å²) in [4.78, 5) is 29.5. The summed E-state index contributed by atoms with van der Waals surface area (Å²) < 4.78 is 5.14. The van der Waals surface area contributed by atoms with Crippen LogP contribution in [0.15, 0.2) is 49.1 Å². The number of nitrogens with one attached hydrogen (secondary N) is 1. The SMILES string of the molecule is COc1ncccc1C(=O)N[C@H](C)c1cnc(-c2ccncc2)nc1C. The summed E-state index contributed by atoms with van der Waals surface area (Å²) in [5, 5.41) is 2.94. The highest BCUT2D eigenvalue weighted by Gasteiger charge is 2.18. The number of carbonyl (C=O) groups is 1. The average Bonchev–Trinajstić information content (AvgIpc) is 2.68. The minimum absolute atomic E-state index is 0.264. The van der Waals surface area contributed by atoms with Crippen molar-refractivity contribution in [3.63, 3.8) is 0 Å². The van der Waals surface area contributed by atoms with Crippen LogP contribution < -0.4 is 10.1 Å². The number of aryl methyl sites for hydroxylation is 1. The Labute approximate surface area is 151 Å². The molecule has 7 heteroatoms. The molecule has 3 aromatic heterocycles. The normalized spacial score (nSPS) is 11.7. The van der Waals surface area contributed by atoms with Gasteiger partial charge in [-0.25, -0.2) is 15.0 Å². The van der Waals surface area contributed by atoms with Gasteiger partial charge >= 0.3 is 0 Å². The first kappa shape index (κ1) is 17.5. The number of aromatic nitrogens is 4. The van der Waals surface area contributed by atoms with Crippen LogP contribution in [-0.2, 0) is 0 Å². The molecule has 0 aliphatic carbocycles. The highest BCUT2D eigenvalue weighted by molar-refractivity contribution is 5.96. The van der Waals surface area contributed by atoms with E-state index in [0.29, 0.717) is 17.3 Å². The third-order valence-electron chi connectivity index (χ3n) is 3.98. The Morgan fingerprint density at radius 2 is 1.92 bits per heavy atom. The first-order chi connectivity index (χ1) is 12.6. The van der Waals surface area contributed by atoms with Crippen molar-refractivity contribution in [3.8, 4) is 17.3 Å². The maximum atomic E-state index is 12.5. The number of hydrogen-bond donors (Lipinski definition) is 1. The van der Waals surface area contributed by atoms with Crippen molar-refractivity contribution in [1.29, 1.82) is 0 Å². The number of hydrogen-bond acceptors (Lipinski definition) is 6. The van der Waals surface area contributed by atoms with Gasteiger partial charge in [-0.2, -0.15) is 0 Å². The van der Waals surface area contributed by atoms with Crippen LogP contribution in [0.5, 0.6) is 5.88 Å². The van der Waals surface area contributed by atoms with Crippen molar-refractivity contribution in [2.24, 2.45) is 0 Å². The van der Waals surface area contributed by atoms with Crippen LogP contribution in [0.1, 0.15) is 34.6 Å². The Kier molecular flexibility index (Phi) is 5.17. The van der Waals surface area contributed by atoms with Gasteiger partial charge in [-0.3, -0.25) is 9.78 Å². The molecule has 0 aliphatic heterocycles. The molecule has 0 saturated heterocycles. The first-order valence-corrected chi connectivity index (χ1v) is 8.14. The molecule has 132 valence electrons. The first-order valence-electron chi connectivity index (χ1n) is 8.14. The van der Waals surface area contributed by atoms with Crippen molar-refractivity contribution in [2.45, 2.75) is 19.9 Å². The van der Waals surface area contributed by atoms with Gasteiger partial charge in [-0.15, -0.1) is 0 Å². The third-order valence-corrected chi connectivity index (χ3v) is 3.98. The molecule has 0 saturated carbocycles. The van der Waals surface area contributed by atoms with Gasteiger partial charge in [-0.1, -0.05) is 0 Å². The van der Waals surface area contributed by atoms with E-state index in [9.17, 15) is 4.79 Å². The predicted molar refractivity (Wildman–Crippen MR) is 96.7 cm³/mol. The van der Waals surface area contributed by atoms with Crippen LogP contribution in [0.2, 0.25) is 0 Å². The van der Waals surface area contributed by atoms with E-state index < -0.39 is 0 Å². The van der Waals surface area contributed by atoms with E-state index in [1.807, 2.05) is 26.0 Å². The van der Waals surface area contributed by atoms with Gasteiger partial charge in [0.25, 0.3) is 5.91 Å². The molecule has 7 nitrogen and oxygen atoms in total. The van der Waals surface area contributed by atoms with Crippen LogP contribution in [0.25, 0.3) is 11.4 Å². The second-order valence-electron chi connectivity index (χ2n) is 5.73. The Morgan fingerprint density at radius 1 is 1.15 bits per heavy atom. The van der Waals surface area contributed by atoms with Crippen LogP contribution >= 0.6 is 0 Å². The van der Waals surface area contributed by atoms with Gasteiger partial charge in [0.2, 0.25) is 5.88 Å². The van der Waals surface area contributed by atoms with E-state index in [1.54, 1.807) is 36.9 Å². The molecule has 0 spiro atoms. The Hall–Kier alpha value is -3.35. The molecule has 3 rings (SSSR count). The van der Waals surface area contributed by atoms with Crippen LogP contribution in [0.3, 0.4) is 0 Å². The Morgan fingerprint density at radius 3 is 2.62 bits per heavy atom. The zero-order chi connectivity index (χ0) is 18.5. The van der Waals surface area contributed by atoms with E-state index >= 15 is 0 Å². The number of methoxy groups -OCH3 is 1. The summed E-state index contributed by atoms with van der Waals surface area (Å²) in [6.07, 6.45) is 6.72. The van der Waals surface area contributed by atoms with Crippen molar-refractivity contribution in [3.05, 3.63) is 65.9 Å². The predicted octanol–water partition coefficient (Wildman–Crippen LogP) is 2.74. The molecule has 0 aliphatic rings. The summed E-state index contributed by atoms with van der Waals surface area (Å²) in [5.74, 6) is 0.652. The lowest BCUT2D eigenvalue weighted by Gasteiger charge is -2.17. The molecule has 1 N–H and O–H groups in total. The second-order valence-corrected chi connectivity index (χ2v) is 5.73. The summed E-state index contributed by atoms with van der Waals surface area (Å²) in [6, 6.07) is 6.81. The van der Waals surface area contributed by atoms with Gasteiger partial charge in [0.1, 0.15) is 5.56 Å². The molecule has 1 atom stereocenters. The second kappa shape index (κ2) is 7.69. The van der Waals surface area contributed by atoms with Gasteiger partial charge in [0, 0.05) is 41.6 Å². The van der Waals surface area contributed by atoms with Gasteiger partial charge in [-0.05, 0) is 38.1 Å². The molecule has 0 unspecified atom stereocenters. The zero-order valence-electron chi connectivity index (χ0n) is 14.8. The number of pyridine rings is 2. The van der Waals surface area contributed by atoms with Crippen LogP contribution in [0.4, 0.5) is 0 Å². The fraction of sp³-hybridized carbons (Fsp3) is 0.211. The number of amides is 1. The molecule has 26 heavy (non-hydrogen) atoms. The molecular formula is C19H19N5O2. The molecule has 0 bridgehead atoms. The van der Waals surface area contributed by atoms with Gasteiger partial charge in [0.05, 0.1) is 13.2 Å². The lowest BCUT2D eigenvalue weighted by molar-refractivity contribution is 0.0936. The summed E-state index contributed by atoms with van der Waals surface area (Å²) >= 11 is 0. The van der Waals surface area contributed by atoms with E-state index in [1.165, 1.54) is 7.11 Å². The summed E-state index contributed by atoms with van der Waals surface area (Å²) in [6.45, 7) is 3.79. The van der Waals surface area contributed by atoms with Gasteiger partial charge < -0.3 is 10.1 Å². The smallest absolute Gasteiger partial charge is 0.257 e. The molecule has 3 heterocycles. The molecule has 0 radical (unpaired) electrons. The van der Waals surface area contributed by atoms with Crippen LogP contribution in [-0.4, -0.2) is 33.0 Å². The number of rotatable bonds is 5. The average molecular weight is 349 g/mol. The highest BCUT2D eigenvalue weighted by Crippen LogP contribution is 2.21. The zero-order valence-corrected chi connectivity index (χ0v) is 14.8. The molecule has 3 aromatic rings. The maximum Gasteiger partial charge on any atom is 0.257 e. The van der Waals surface area contributed by atoms with E-state index in [0.717, 1.165) is 16.8 Å². The standard InChI is InChI=1S/C19H19N5O2/c1-12-16(11-22-17(23-12)14-6-9-20-10-7-14)13(2)24-18(25)15-5-4-8-21-19(15)26-3/h4-11,13H,1-3H3,(H,24,25)/t13-/m1/s1. The molecule has 1 amide bonds. The van der Waals surface area contributed by atoms with Crippen molar-refractivity contribution < 1.29 is 9.53 Å². The van der Waals surface area contributed by atoms with Crippen molar-refractivity contribution in [2.75, 3.05) is 7.11 Å². The third kappa shape index (κ3) is 3.66.